The molecule has 3 rings (SSSR count). The maximum Gasteiger partial charge on any atom is 0.176 e. The van der Waals surface area contributed by atoms with Gasteiger partial charge in [0.15, 0.2) is 5.82 Å². The maximum absolute atomic E-state index is 5.34. The molecule has 0 saturated heterocycles. The molecule has 1 saturated carbocycles. The Morgan fingerprint density at radius 1 is 1.29 bits per heavy atom. The van der Waals surface area contributed by atoms with E-state index >= 15 is 0 Å². The van der Waals surface area contributed by atoms with Crippen LogP contribution in [0.25, 0.3) is 5.69 Å². The van der Waals surface area contributed by atoms with Gasteiger partial charge in [-0.05, 0) is 68.0 Å². The van der Waals surface area contributed by atoms with Crippen LogP contribution >= 0.6 is 0 Å². The van der Waals surface area contributed by atoms with E-state index in [0.29, 0.717) is 6.04 Å². The molecule has 0 amide bonds. The molecule has 0 atom stereocenters. The lowest BCUT2D eigenvalue weighted by molar-refractivity contribution is 0.170. The number of rotatable bonds is 5. The van der Waals surface area contributed by atoms with Crippen LogP contribution in [-0.2, 0) is 5.54 Å². The molecule has 24 heavy (non-hydrogen) atoms. The number of hydrogen-bond acceptors (Lipinski definition) is 5. The predicted octanol–water partition coefficient (Wildman–Crippen LogP) is 3.07. The number of hydrogen-bond donors (Lipinski definition) is 1. The van der Waals surface area contributed by atoms with Crippen LogP contribution in [0.2, 0.25) is 0 Å². The van der Waals surface area contributed by atoms with Crippen molar-refractivity contribution in [2.45, 2.75) is 58.0 Å². The zero-order valence-corrected chi connectivity index (χ0v) is 15.0. The largest absolute Gasteiger partial charge is 0.497 e. The van der Waals surface area contributed by atoms with Crippen molar-refractivity contribution >= 4 is 0 Å². The highest BCUT2D eigenvalue weighted by molar-refractivity contribution is 5.39. The lowest BCUT2D eigenvalue weighted by Gasteiger charge is -2.40. The zero-order chi connectivity index (χ0) is 17.2. The SMILES string of the molecule is COc1cccc(-n2nnnc2C2(NC(C)C)CCC(C)CC2)c1. The Morgan fingerprint density at radius 3 is 2.71 bits per heavy atom. The van der Waals surface area contributed by atoms with Gasteiger partial charge in [0, 0.05) is 12.1 Å². The van der Waals surface area contributed by atoms with Gasteiger partial charge in [-0.15, -0.1) is 5.10 Å². The molecule has 1 aliphatic carbocycles. The Bertz CT molecular complexity index is 674. The van der Waals surface area contributed by atoms with Gasteiger partial charge in [-0.3, -0.25) is 0 Å². The summed E-state index contributed by atoms with van der Waals surface area (Å²) in [6.07, 6.45) is 4.47. The van der Waals surface area contributed by atoms with Crippen LogP contribution in [0.5, 0.6) is 5.75 Å². The van der Waals surface area contributed by atoms with Crippen molar-refractivity contribution in [3.63, 3.8) is 0 Å². The fourth-order valence-electron chi connectivity index (χ4n) is 3.64. The van der Waals surface area contributed by atoms with Gasteiger partial charge in [-0.1, -0.05) is 13.0 Å². The summed E-state index contributed by atoms with van der Waals surface area (Å²) >= 11 is 0. The van der Waals surface area contributed by atoms with Crippen molar-refractivity contribution in [3.05, 3.63) is 30.1 Å². The number of methoxy groups -OCH3 is 1. The smallest absolute Gasteiger partial charge is 0.176 e. The van der Waals surface area contributed by atoms with E-state index in [-0.39, 0.29) is 5.54 Å². The van der Waals surface area contributed by atoms with Crippen molar-refractivity contribution in [2.75, 3.05) is 7.11 Å². The molecular weight excluding hydrogens is 302 g/mol. The molecule has 1 aliphatic rings. The van der Waals surface area contributed by atoms with Crippen LogP contribution in [0, 0.1) is 5.92 Å². The average Bonchev–Trinajstić information content (AvgIpc) is 3.07. The second kappa shape index (κ2) is 6.89. The number of tetrazole rings is 1. The Labute approximate surface area is 143 Å². The summed E-state index contributed by atoms with van der Waals surface area (Å²) in [4.78, 5) is 0. The lowest BCUT2D eigenvalue weighted by Crippen LogP contribution is -2.49. The molecule has 6 nitrogen and oxygen atoms in total. The van der Waals surface area contributed by atoms with Gasteiger partial charge in [-0.25, -0.2) is 0 Å². The molecule has 2 aromatic rings. The summed E-state index contributed by atoms with van der Waals surface area (Å²) in [6.45, 7) is 6.68. The van der Waals surface area contributed by atoms with Crippen LogP contribution in [0.3, 0.4) is 0 Å². The quantitative estimate of drug-likeness (QED) is 0.913. The molecule has 0 spiro atoms. The van der Waals surface area contributed by atoms with Crippen molar-refractivity contribution in [1.82, 2.24) is 25.5 Å². The standard InChI is InChI=1S/C18H27N5O/c1-13(2)19-18(10-8-14(3)9-11-18)17-20-21-22-23(17)15-6-5-7-16(12-15)24-4/h5-7,12-14,19H,8-11H2,1-4H3. The van der Waals surface area contributed by atoms with E-state index in [1.54, 1.807) is 7.11 Å². The van der Waals surface area contributed by atoms with Gasteiger partial charge in [0.25, 0.3) is 0 Å². The third kappa shape index (κ3) is 3.29. The highest BCUT2D eigenvalue weighted by atomic mass is 16.5. The Morgan fingerprint density at radius 2 is 2.04 bits per heavy atom. The number of nitrogens with zero attached hydrogens (tertiary/aromatic N) is 4. The van der Waals surface area contributed by atoms with E-state index in [9.17, 15) is 0 Å². The number of ether oxygens (including phenoxy) is 1. The number of nitrogens with one attached hydrogen (secondary N) is 1. The second-order valence-corrected chi connectivity index (χ2v) is 7.18. The first-order valence-electron chi connectivity index (χ1n) is 8.75. The number of benzene rings is 1. The van der Waals surface area contributed by atoms with Crippen molar-refractivity contribution in [2.24, 2.45) is 5.92 Å². The normalized spacial score (nSPS) is 24.3. The van der Waals surface area contributed by atoms with Crippen LogP contribution in [0.1, 0.15) is 52.3 Å². The lowest BCUT2D eigenvalue weighted by atomic mass is 9.76. The zero-order valence-electron chi connectivity index (χ0n) is 15.0. The summed E-state index contributed by atoms with van der Waals surface area (Å²) in [5, 5.41) is 16.4. The van der Waals surface area contributed by atoms with Crippen LogP contribution in [-0.4, -0.2) is 33.4 Å². The van der Waals surface area contributed by atoms with Crippen molar-refractivity contribution in [3.8, 4) is 11.4 Å². The predicted molar refractivity (Wildman–Crippen MR) is 93.3 cm³/mol. The minimum Gasteiger partial charge on any atom is -0.497 e. The first-order chi connectivity index (χ1) is 11.5. The summed E-state index contributed by atoms with van der Waals surface area (Å²) in [5.74, 6) is 2.46. The third-order valence-corrected chi connectivity index (χ3v) is 4.89. The van der Waals surface area contributed by atoms with Gasteiger partial charge in [0.1, 0.15) is 5.75 Å². The highest BCUT2D eigenvalue weighted by Gasteiger charge is 2.41. The van der Waals surface area contributed by atoms with Gasteiger partial charge in [-0.2, -0.15) is 4.68 Å². The third-order valence-electron chi connectivity index (χ3n) is 4.89. The Balaban J connectivity index is 2.02. The van der Waals surface area contributed by atoms with E-state index in [1.807, 2.05) is 28.9 Å². The summed E-state index contributed by atoms with van der Waals surface area (Å²) in [7, 11) is 1.67. The average molecular weight is 329 g/mol. The van der Waals surface area contributed by atoms with Gasteiger partial charge >= 0.3 is 0 Å². The van der Waals surface area contributed by atoms with Crippen molar-refractivity contribution < 1.29 is 4.74 Å². The molecule has 1 aromatic heterocycles. The van der Waals surface area contributed by atoms with E-state index < -0.39 is 0 Å². The van der Waals surface area contributed by atoms with E-state index in [0.717, 1.165) is 36.0 Å². The van der Waals surface area contributed by atoms with Crippen LogP contribution in [0.4, 0.5) is 0 Å². The van der Waals surface area contributed by atoms with E-state index in [4.69, 9.17) is 4.74 Å². The van der Waals surface area contributed by atoms with Gasteiger partial charge in [0.2, 0.25) is 0 Å². The first kappa shape index (κ1) is 16.9. The molecule has 1 heterocycles. The molecule has 0 aliphatic heterocycles. The van der Waals surface area contributed by atoms with E-state index in [1.165, 1.54) is 12.8 Å². The van der Waals surface area contributed by atoms with Gasteiger partial charge in [0.05, 0.1) is 18.3 Å². The Hall–Kier alpha value is -1.95. The van der Waals surface area contributed by atoms with Crippen molar-refractivity contribution in [1.29, 1.82) is 0 Å². The summed E-state index contributed by atoms with van der Waals surface area (Å²) in [5.41, 5.74) is 0.755. The first-order valence-corrected chi connectivity index (χ1v) is 8.75. The van der Waals surface area contributed by atoms with Crippen LogP contribution in [0.15, 0.2) is 24.3 Å². The molecule has 130 valence electrons. The molecule has 1 fully saturated rings. The van der Waals surface area contributed by atoms with E-state index in [2.05, 4.69) is 41.6 Å². The summed E-state index contributed by atoms with van der Waals surface area (Å²) < 4.78 is 7.20. The minimum absolute atomic E-state index is 0.173. The second-order valence-electron chi connectivity index (χ2n) is 7.18. The summed E-state index contributed by atoms with van der Waals surface area (Å²) in [6, 6.07) is 8.24. The maximum atomic E-state index is 5.34. The monoisotopic (exact) mass is 329 g/mol. The fourth-order valence-corrected chi connectivity index (χ4v) is 3.64. The number of aromatic nitrogens is 4. The molecule has 1 aromatic carbocycles. The topological polar surface area (TPSA) is 64.9 Å². The van der Waals surface area contributed by atoms with Crippen LogP contribution < -0.4 is 10.1 Å². The molecule has 0 bridgehead atoms. The molecule has 0 unspecified atom stereocenters. The molecular formula is C18H27N5O. The molecule has 1 N–H and O–H groups in total. The fraction of sp³-hybridized carbons (Fsp3) is 0.611. The molecule has 0 radical (unpaired) electrons. The minimum atomic E-state index is -0.173. The van der Waals surface area contributed by atoms with Gasteiger partial charge < -0.3 is 10.1 Å². The molecule has 6 heteroatoms. The highest BCUT2D eigenvalue weighted by Crippen LogP contribution is 2.39. The Kier molecular flexibility index (Phi) is 4.85.